The van der Waals surface area contributed by atoms with Crippen LogP contribution in [0.5, 0.6) is 0 Å². The van der Waals surface area contributed by atoms with Crippen molar-refractivity contribution in [2.45, 2.75) is 52.6 Å². The molecule has 1 heteroatoms. The first-order valence-electron chi connectivity index (χ1n) is 6.37. The van der Waals surface area contributed by atoms with Gasteiger partial charge in [-0.2, -0.15) is 0 Å². The van der Waals surface area contributed by atoms with Gasteiger partial charge in [0.25, 0.3) is 0 Å². The van der Waals surface area contributed by atoms with Crippen LogP contribution in [-0.2, 0) is 4.74 Å². The van der Waals surface area contributed by atoms with Crippen LogP contribution in [0.1, 0.15) is 46.5 Å². The molecule has 1 nitrogen and oxygen atoms in total. The lowest BCUT2D eigenvalue weighted by atomic mass is 9.75. The maximum Gasteiger partial charge on any atom is 0.0608 e. The molecule has 0 heterocycles. The molecule has 1 fully saturated rings. The SMILES string of the molecule is C=CCCOC1CC(C)CCC1C(C)C. The van der Waals surface area contributed by atoms with Crippen LogP contribution in [0.3, 0.4) is 0 Å². The molecule has 0 radical (unpaired) electrons. The fourth-order valence-corrected chi connectivity index (χ4v) is 2.61. The van der Waals surface area contributed by atoms with Crippen molar-refractivity contribution in [2.24, 2.45) is 17.8 Å². The van der Waals surface area contributed by atoms with Crippen molar-refractivity contribution in [1.29, 1.82) is 0 Å². The molecule has 0 aromatic rings. The van der Waals surface area contributed by atoms with Crippen molar-refractivity contribution in [3.63, 3.8) is 0 Å². The van der Waals surface area contributed by atoms with Gasteiger partial charge in [-0.25, -0.2) is 0 Å². The molecule has 0 saturated heterocycles. The van der Waals surface area contributed by atoms with Gasteiger partial charge in [-0.05, 0) is 37.0 Å². The summed E-state index contributed by atoms with van der Waals surface area (Å²) in [5, 5.41) is 0. The predicted octanol–water partition coefficient (Wildman–Crippen LogP) is 4.04. The Morgan fingerprint density at radius 1 is 1.40 bits per heavy atom. The second-order valence-electron chi connectivity index (χ2n) is 5.31. The lowest BCUT2D eigenvalue weighted by Gasteiger charge is -2.37. The van der Waals surface area contributed by atoms with E-state index in [0.717, 1.165) is 30.8 Å². The molecule has 3 atom stereocenters. The summed E-state index contributed by atoms with van der Waals surface area (Å²) in [6, 6.07) is 0. The highest BCUT2D eigenvalue weighted by Gasteiger charge is 2.30. The zero-order valence-corrected chi connectivity index (χ0v) is 10.5. The van der Waals surface area contributed by atoms with E-state index in [9.17, 15) is 0 Å². The molecule has 1 aliphatic rings. The molecule has 15 heavy (non-hydrogen) atoms. The van der Waals surface area contributed by atoms with E-state index in [2.05, 4.69) is 27.4 Å². The summed E-state index contributed by atoms with van der Waals surface area (Å²) in [5.74, 6) is 2.37. The van der Waals surface area contributed by atoms with E-state index in [1.807, 2.05) is 6.08 Å². The normalized spacial score (nSPS) is 31.9. The van der Waals surface area contributed by atoms with Crippen molar-refractivity contribution in [3.05, 3.63) is 12.7 Å². The highest BCUT2D eigenvalue weighted by molar-refractivity contribution is 4.81. The van der Waals surface area contributed by atoms with Crippen LogP contribution in [0.15, 0.2) is 12.7 Å². The Hall–Kier alpha value is -0.300. The highest BCUT2D eigenvalue weighted by atomic mass is 16.5. The van der Waals surface area contributed by atoms with Gasteiger partial charge in [-0.1, -0.05) is 33.3 Å². The lowest BCUT2D eigenvalue weighted by Crippen LogP contribution is -2.34. The first-order chi connectivity index (χ1) is 7.15. The quantitative estimate of drug-likeness (QED) is 0.491. The average Bonchev–Trinajstić information content (AvgIpc) is 2.18. The third-order valence-corrected chi connectivity index (χ3v) is 3.62. The van der Waals surface area contributed by atoms with Gasteiger partial charge in [-0.15, -0.1) is 6.58 Å². The Morgan fingerprint density at radius 3 is 2.73 bits per heavy atom. The van der Waals surface area contributed by atoms with Crippen LogP contribution in [0, 0.1) is 17.8 Å². The smallest absolute Gasteiger partial charge is 0.0608 e. The van der Waals surface area contributed by atoms with E-state index < -0.39 is 0 Å². The van der Waals surface area contributed by atoms with Gasteiger partial charge in [0.15, 0.2) is 0 Å². The van der Waals surface area contributed by atoms with Crippen LogP contribution >= 0.6 is 0 Å². The van der Waals surface area contributed by atoms with Crippen molar-refractivity contribution < 1.29 is 4.74 Å². The Balaban J connectivity index is 2.42. The Labute approximate surface area is 94.9 Å². The molecule has 1 rings (SSSR count). The molecule has 1 saturated carbocycles. The maximum atomic E-state index is 6.00. The van der Waals surface area contributed by atoms with Crippen LogP contribution in [0.4, 0.5) is 0 Å². The third kappa shape index (κ3) is 3.98. The van der Waals surface area contributed by atoms with E-state index >= 15 is 0 Å². The standard InChI is InChI=1S/C14H26O/c1-5-6-9-15-14-10-12(4)7-8-13(14)11(2)3/h5,11-14H,1,6-10H2,2-4H3. The van der Waals surface area contributed by atoms with Crippen molar-refractivity contribution in [3.8, 4) is 0 Å². The molecule has 0 spiro atoms. The van der Waals surface area contributed by atoms with Gasteiger partial charge in [0.1, 0.15) is 0 Å². The summed E-state index contributed by atoms with van der Waals surface area (Å²) in [6.45, 7) is 11.6. The minimum Gasteiger partial charge on any atom is -0.378 e. The number of rotatable bonds is 5. The van der Waals surface area contributed by atoms with E-state index in [1.54, 1.807) is 0 Å². The second-order valence-corrected chi connectivity index (χ2v) is 5.31. The van der Waals surface area contributed by atoms with Crippen molar-refractivity contribution >= 4 is 0 Å². The molecule has 0 bridgehead atoms. The summed E-state index contributed by atoms with van der Waals surface area (Å²) >= 11 is 0. The second kappa shape index (κ2) is 6.32. The highest BCUT2D eigenvalue weighted by Crippen LogP contribution is 2.35. The Morgan fingerprint density at radius 2 is 2.13 bits per heavy atom. The fraction of sp³-hybridized carbons (Fsp3) is 0.857. The zero-order chi connectivity index (χ0) is 11.3. The first-order valence-corrected chi connectivity index (χ1v) is 6.37. The Bertz CT molecular complexity index is 186. The van der Waals surface area contributed by atoms with E-state index in [4.69, 9.17) is 4.74 Å². The molecule has 1 aliphatic carbocycles. The summed E-state index contributed by atoms with van der Waals surface area (Å²) in [6.07, 6.45) is 7.39. The van der Waals surface area contributed by atoms with Crippen LogP contribution < -0.4 is 0 Å². The molecular formula is C14H26O. The molecular weight excluding hydrogens is 184 g/mol. The van der Waals surface area contributed by atoms with Crippen LogP contribution in [0.2, 0.25) is 0 Å². The van der Waals surface area contributed by atoms with Gasteiger partial charge in [0.05, 0.1) is 12.7 Å². The predicted molar refractivity (Wildman–Crippen MR) is 65.9 cm³/mol. The Kier molecular flexibility index (Phi) is 5.38. The summed E-state index contributed by atoms with van der Waals surface area (Å²) in [5.41, 5.74) is 0. The van der Waals surface area contributed by atoms with Crippen LogP contribution in [0.25, 0.3) is 0 Å². The van der Waals surface area contributed by atoms with Gasteiger partial charge < -0.3 is 4.74 Å². The molecule has 88 valence electrons. The molecule has 0 amide bonds. The number of hydrogen-bond acceptors (Lipinski definition) is 1. The molecule has 0 aromatic heterocycles. The summed E-state index contributed by atoms with van der Waals surface area (Å²) in [7, 11) is 0. The molecule has 0 aliphatic heterocycles. The molecule has 0 aromatic carbocycles. The fourth-order valence-electron chi connectivity index (χ4n) is 2.61. The topological polar surface area (TPSA) is 9.23 Å². The van der Waals surface area contributed by atoms with Gasteiger partial charge in [-0.3, -0.25) is 0 Å². The van der Waals surface area contributed by atoms with Crippen LogP contribution in [-0.4, -0.2) is 12.7 Å². The molecule has 0 N–H and O–H groups in total. The van der Waals surface area contributed by atoms with Gasteiger partial charge in [0, 0.05) is 0 Å². The largest absolute Gasteiger partial charge is 0.378 e. The lowest BCUT2D eigenvalue weighted by molar-refractivity contribution is -0.0363. The van der Waals surface area contributed by atoms with Crippen molar-refractivity contribution in [2.75, 3.05) is 6.61 Å². The van der Waals surface area contributed by atoms with E-state index in [0.29, 0.717) is 6.10 Å². The zero-order valence-electron chi connectivity index (χ0n) is 10.5. The minimum absolute atomic E-state index is 0.494. The monoisotopic (exact) mass is 210 g/mol. The third-order valence-electron chi connectivity index (χ3n) is 3.62. The number of ether oxygens (including phenoxy) is 1. The van der Waals surface area contributed by atoms with E-state index in [1.165, 1.54) is 19.3 Å². The number of hydrogen-bond donors (Lipinski definition) is 0. The minimum atomic E-state index is 0.494. The first kappa shape index (κ1) is 12.8. The van der Waals surface area contributed by atoms with Crippen molar-refractivity contribution in [1.82, 2.24) is 0 Å². The summed E-state index contributed by atoms with van der Waals surface area (Å²) in [4.78, 5) is 0. The molecule has 3 unspecified atom stereocenters. The maximum absolute atomic E-state index is 6.00. The average molecular weight is 210 g/mol. The van der Waals surface area contributed by atoms with E-state index in [-0.39, 0.29) is 0 Å². The van der Waals surface area contributed by atoms with Gasteiger partial charge >= 0.3 is 0 Å². The van der Waals surface area contributed by atoms with Gasteiger partial charge in [0.2, 0.25) is 0 Å². The summed E-state index contributed by atoms with van der Waals surface area (Å²) < 4.78 is 6.00.